The fraction of sp³-hybridized carbons (Fsp3) is 0.400. The number of rotatable bonds is 8. The number of H-pyrrole nitrogens is 1. The lowest BCUT2D eigenvalue weighted by Gasteiger charge is -2.13. The Morgan fingerprint density at radius 1 is 1.26 bits per heavy atom. The van der Waals surface area contributed by atoms with Crippen molar-refractivity contribution in [1.82, 2.24) is 10.5 Å². The molecule has 0 fully saturated rings. The normalized spacial score (nSPS) is 16.7. The van der Waals surface area contributed by atoms with Gasteiger partial charge in [-0.05, 0) is 37.1 Å². The molecular formula is C20H24N2O5. The van der Waals surface area contributed by atoms with E-state index in [9.17, 15) is 9.59 Å². The fourth-order valence-corrected chi connectivity index (χ4v) is 3.35. The molecule has 27 heavy (non-hydrogen) atoms. The Morgan fingerprint density at radius 3 is 2.78 bits per heavy atom. The number of esters is 1. The molecule has 1 aromatic heterocycles. The van der Waals surface area contributed by atoms with Crippen LogP contribution in [0.3, 0.4) is 0 Å². The third-order valence-electron chi connectivity index (χ3n) is 4.65. The topological polar surface area (TPSA) is 89.7 Å². The summed E-state index contributed by atoms with van der Waals surface area (Å²) in [5.74, 6) is -0.498. The van der Waals surface area contributed by atoms with Gasteiger partial charge in [0.1, 0.15) is 17.4 Å². The van der Waals surface area contributed by atoms with E-state index in [1.807, 2.05) is 24.3 Å². The Bertz CT molecular complexity index is 884. The minimum Gasteiger partial charge on any atom is -0.497 e. The molecule has 1 aliphatic heterocycles. The van der Waals surface area contributed by atoms with E-state index in [2.05, 4.69) is 17.4 Å². The van der Waals surface area contributed by atoms with Crippen LogP contribution in [0, 0.1) is 0 Å². The predicted octanol–water partition coefficient (Wildman–Crippen LogP) is 3.11. The number of benzene rings is 1. The monoisotopic (exact) mass is 372 g/mol. The van der Waals surface area contributed by atoms with Gasteiger partial charge in [0.2, 0.25) is 0 Å². The van der Waals surface area contributed by atoms with Crippen LogP contribution in [0.25, 0.3) is 16.5 Å². The number of fused-ring (bicyclic) bond motifs is 1. The number of carbonyl (C=O) groups is 2. The van der Waals surface area contributed by atoms with Gasteiger partial charge in [-0.1, -0.05) is 19.8 Å². The summed E-state index contributed by atoms with van der Waals surface area (Å²) in [5, 5.41) is 0.926. The number of nitrogens with one attached hydrogen (secondary N) is 2. The molecule has 7 heteroatoms. The lowest BCUT2D eigenvalue weighted by Crippen LogP contribution is -2.26. The van der Waals surface area contributed by atoms with Crippen LogP contribution >= 0.6 is 0 Å². The van der Waals surface area contributed by atoms with Crippen LogP contribution in [0.1, 0.15) is 38.3 Å². The zero-order valence-electron chi connectivity index (χ0n) is 15.8. The van der Waals surface area contributed by atoms with Crippen molar-refractivity contribution < 1.29 is 23.9 Å². The highest BCUT2D eigenvalue weighted by molar-refractivity contribution is 6.24. The van der Waals surface area contributed by atoms with Gasteiger partial charge < -0.3 is 14.5 Å². The molecule has 3 rings (SSSR count). The van der Waals surface area contributed by atoms with E-state index in [0.717, 1.165) is 35.9 Å². The molecule has 0 radical (unpaired) electrons. The summed E-state index contributed by atoms with van der Waals surface area (Å²) in [7, 11) is 2.93. The number of ether oxygens (including phenoxy) is 2. The molecule has 0 spiro atoms. The predicted molar refractivity (Wildman–Crippen MR) is 101 cm³/mol. The summed E-state index contributed by atoms with van der Waals surface area (Å²) in [6.07, 6.45) is 3.20. The van der Waals surface area contributed by atoms with E-state index in [1.54, 1.807) is 7.11 Å². The van der Waals surface area contributed by atoms with Crippen LogP contribution in [-0.2, 0) is 19.2 Å². The molecule has 1 aromatic carbocycles. The van der Waals surface area contributed by atoms with Gasteiger partial charge in [0.05, 0.1) is 14.2 Å². The molecule has 2 N–H and O–H groups in total. The van der Waals surface area contributed by atoms with Crippen molar-refractivity contribution in [2.24, 2.45) is 0 Å². The molecule has 1 aliphatic rings. The van der Waals surface area contributed by atoms with E-state index in [4.69, 9.17) is 14.3 Å². The number of aromatic nitrogens is 1. The van der Waals surface area contributed by atoms with Crippen LogP contribution in [-0.4, -0.2) is 37.2 Å². The van der Waals surface area contributed by atoms with Gasteiger partial charge in [0, 0.05) is 22.2 Å². The second-order valence-corrected chi connectivity index (χ2v) is 6.45. The van der Waals surface area contributed by atoms with E-state index in [1.165, 1.54) is 7.11 Å². The van der Waals surface area contributed by atoms with Crippen molar-refractivity contribution in [3.05, 3.63) is 35.5 Å². The van der Waals surface area contributed by atoms with Gasteiger partial charge in [-0.25, -0.2) is 10.3 Å². The van der Waals surface area contributed by atoms with E-state index < -0.39 is 18.0 Å². The fourth-order valence-electron chi connectivity index (χ4n) is 3.35. The van der Waals surface area contributed by atoms with Crippen molar-refractivity contribution in [2.45, 2.75) is 38.7 Å². The van der Waals surface area contributed by atoms with E-state index in [0.29, 0.717) is 17.7 Å². The molecule has 2 aromatic rings. The molecule has 0 aliphatic carbocycles. The Balaban J connectivity index is 2.05. The third kappa shape index (κ3) is 3.83. The zero-order valence-corrected chi connectivity index (χ0v) is 15.8. The Hall–Kier alpha value is -2.80. The maximum absolute atomic E-state index is 12.4. The summed E-state index contributed by atoms with van der Waals surface area (Å²) in [5.41, 5.74) is 4.35. The first kappa shape index (κ1) is 19.0. The van der Waals surface area contributed by atoms with Crippen LogP contribution in [0.4, 0.5) is 0 Å². The summed E-state index contributed by atoms with van der Waals surface area (Å²) in [6.45, 7) is 2.11. The quantitative estimate of drug-likeness (QED) is 0.322. The van der Waals surface area contributed by atoms with E-state index >= 15 is 0 Å². The van der Waals surface area contributed by atoms with Crippen molar-refractivity contribution in [2.75, 3.05) is 14.2 Å². The van der Waals surface area contributed by atoms with Crippen LogP contribution in [0.5, 0.6) is 5.75 Å². The molecule has 0 saturated heterocycles. The summed E-state index contributed by atoms with van der Waals surface area (Å²) < 4.78 is 10.8. The highest BCUT2D eigenvalue weighted by Gasteiger charge is 2.39. The van der Waals surface area contributed by atoms with Gasteiger partial charge in [0.25, 0.3) is 5.91 Å². The van der Waals surface area contributed by atoms with Crippen molar-refractivity contribution in [3.63, 3.8) is 0 Å². The second-order valence-electron chi connectivity index (χ2n) is 6.45. The Labute approximate surface area is 157 Å². The summed E-state index contributed by atoms with van der Waals surface area (Å²) in [4.78, 5) is 32.8. The first-order valence-corrected chi connectivity index (χ1v) is 9.04. The average Bonchev–Trinajstić information content (AvgIpc) is 3.21. The molecule has 0 saturated carbocycles. The number of aromatic amines is 1. The third-order valence-corrected chi connectivity index (χ3v) is 4.65. The number of amides is 1. The van der Waals surface area contributed by atoms with Crippen LogP contribution in [0.15, 0.2) is 29.8 Å². The standard InChI is InChI=1S/C20H24N2O5/c1-4-5-6-7-16-17(18(20(24)27-16)19(23)22-26-3)15-11-12-10-13(25-2)8-9-14(12)21-15/h8-11,16,21H,4-7H2,1-3H3,(H,22,23). The molecule has 1 atom stereocenters. The maximum Gasteiger partial charge on any atom is 0.344 e. The molecule has 144 valence electrons. The Kier molecular flexibility index (Phi) is 5.81. The molecule has 0 bridgehead atoms. The van der Waals surface area contributed by atoms with Crippen LogP contribution < -0.4 is 10.2 Å². The molecule has 7 nitrogen and oxygen atoms in total. The van der Waals surface area contributed by atoms with Gasteiger partial charge >= 0.3 is 5.97 Å². The average molecular weight is 372 g/mol. The van der Waals surface area contributed by atoms with Gasteiger partial charge in [0.15, 0.2) is 0 Å². The number of hydroxylamine groups is 1. The van der Waals surface area contributed by atoms with E-state index in [-0.39, 0.29) is 5.57 Å². The highest BCUT2D eigenvalue weighted by Crippen LogP contribution is 2.36. The summed E-state index contributed by atoms with van der Waals surface area (Å²) in [6, 6.07) is 7.55. The lowest BCUT2D eigenvalue weighted by atomic mass is 9.97. The first-order chi connectivity index (χ1) is 13.1. The van der Waals surface area contributed by atoms with Crippen molar-refractivity contribution in [1.29, 1.82) is 0 Å². The Morgan fingerprint density at radius 2 is 2.07 bits per heavy atom. The largest absolute Gasteiger partial charge is 0.497 e. The number of cyclic esters (lactones) is 1. The second kappa shape index (κ2) is 8.26. The zero-order chi connectivity index (χ0) is 19.4. The maximum atomic E-state index is 12.4. The SMILES string of the molecule is CCCCCC1OC(=O)C(C(=O)NOC)=C1c1cc2cc(OC)ccc2[nH]1. The van der Waals surface area contributed by atoms with Gasteiger partial charge in [-0.15, -0.1) is 0 Å². The number of methoxy groups -OCH3 is 1. The van der Waals surface area contributed by atoms with Crippen LogP contribution in [0.2, 0.25) is 0 Å². The molecule has 1 amide bonds. The molecular weight excluding hydrogens is 348 g/mol. The number of unbranched alkanes of at least 4 members (excludes halogenated alkanes) is 2. The minimum atomic E-state index is -0.628. The van der Waals surface area contributed by atoms with Gasteiger partial charge in [-0.3, -0.25) is 9.63 Å². The summed E-state index contributed by atoms with van der Waals surface area (Å²) >= 11 is 0. The minimum absolute atomic E-state index is 0.0168. The lowest BCUT2D eigenvalue weighted by molar-refractivity contribution is -0.142. The number of hydrogen-bond donors (Lipinski definition) is 2. The van der Waals surface area contributed by atoms with Crippen molar-refractivity contribution in [3.8, 4) is 5.75 Å². The molecule has 2 heterocycles. The highest BCUT2D eigenvalue weighted by atomic mass is 16.6. The smallest absolute Gasteiger partial charge is 0.344 e. The van der Waals surface area contributed by atoms with Crippen molar-refractivity contribution >= 4 is 28.4 Å². The number of carbonyl (C=O) groups excluding carboxylic acids is 2. The number of hydrogen-bond acceptors (Lipinski definition) is 5. The van der Waals surface area contributed by atoms with Gasteiger partial charge in [-0.2, -0.15) is 0 Å². The first-order valence-electron chi connectivity index (χ1n) is 9.04. The molecule has 1 unspecified atom stereocenters.